The van der Waals surface area contributed by atoms with E-state index in [0.717, 1.165) is 17.8 Å². The maximum atomic E-state index is 11.5. The first-order valence-electron chi connectivity index (χ1n) is 6.68. The van der Waals surface area contributed by atoms with Crippen LogP contribution >= 0.6 is 11.6 Å². The normalized spacial score (nSPS) is 10.8. The lowest BCUT2D eigenvalue weighted by molar-refractivity contribution is 0.0694. The van der Waals surface area contributed by atoms with Gasteiger partial charge in [0.15, 0.2) is 0 Å². The molecule has 0 spiro atoms. The van der Waals surface area contributed by atoms with Crippen molar-refractivity contribution in [2.24, 2.45) is 0 Å². The van der Waals surface area contributed by atoms with Crippen LogP contribution in [-0.2, 0) is 12.8 Å². The Morgan fingerprint density at radius 2 is 2.15 bits per heavy atom. The van der Waals surface area contributed by atoms with E-state index in [9.17, 15) is 9.90 Å². The highest BCUT2D eigenvalue weighted by molar-refractivity contribution is 6.30. The van der Waals surface area contributed by atoms with Gasteiger partial charge in [-0.15, -0.1) is 0 Å². The number of aromatic carboxylic acids is 1. The smallest absolute Gasteiger partial charge is 0.339 e. The highest BCUT2D eigenvalue weighted by atomic mass is 35.5. The number of hydrogen-bond donors (Lipinski definition) is 1. The molecule has 2 rings (SSSR count). The molecule has 0 saturated carbocycles. The lowest BCUT2D eigenvalue weighted by Gasteiger charge is -2.07. The standard InChI is InChI=1S/C15H17ClN2O2/c1-3-6-13-14(15(19)20)12(4-2)17-18(13)11-8-5-7-10(16)9-11/h5,7-9H,3-4,6H2,1-2H3,(H,19,20). The molecular formula is C15H17ClN2O2. The number of carboxylic acids is 1. The lowest BCUT2D eigenvalue weighted by atomic mass is 10.1. The van der Waals surface area contributed by atoms with Crippen LogP contribution in [0.5, 0.6) is 0 Å². The van der Waals surface area contributed by atoms with Crippen LogP contribution in [0.4, 0.5) is 0 Å². The van der Waals surface area contributed by atoms with Gasteiger partial charge in [-0.2, -0.15) is 5.10 Å². The van der Waals surface area contributed by atoms with E-state index in [2.05, 4.69) is 5.10 Å². The van der Waals surface area contributed by atoms with Crippen LogP contribution in [-0.4, -0.2) is 20.9 Å². The summed E-state index contributed by atoms with van der Waals surface area (Å²) < 4.78 is 1.71. The van der Waals surface area contributed by atoms with Gasteiger partial charge in [-0.1, -0.05) is 37.9 Å². The van der Waals surface area contributed by atoms with Gasteiger partial charge < -0.3 is 5.11 Å². The third-order valence-corrected chi connectivity index (χ3v) is 3.38. The highest BCUT2D eigenvalue weighted by Crippen LogP contribution is 2.23. The van der Waals surface area contributed by atoms with Crippen LogP contribution in [0.15, 0.2) is 24.3 Å². The summed E-state index contributed by atoms with van der Waals surface area (Å²) in [7, 11) is 0. The predicted molar refractivity (Wildman–Crippen MR) is 78.9 cm³/mol. The van der Waals surface area contributed by atoms with Crippen molar-refractivity contribution in [1.82, 2.24) is 9.78 Å². The van der Waals surface area contributed by atoms with Crippen LogP contribution in [0.3, 0.4) is 0 Å². The van der Waals surface area contributed by atoms with Crippen molar-refractivity contribution < 1.29 is 9.90 Å². The minimum absolute atomic E-state index is 0.328. The Morgan fingerprint density at radius 3 is 2.70 bits per heavy atom. The molecule has 106 valence electrons. The van der Waals surface area contributed by atoms with Crippen molar-refractivity contribution in [1.29, 1.82) is 0 Å². The van der Waals surface area contributed by atoms with Crippen LogP contribution < -0.4 is 0 Å². The summed E-state index contributed by atoms with van der Waals surface area (Å²) in [4.78, 5) is 11.5. The topological polar surface area (TPSA) is 55.1 Å². The van der Waals surface area contributed by atoms with E-state index >= 15 is 0 Å². The fourth-order valence-electron chi connectivity index (χ4n) is 2.29. The molecule has 0 bridgehead atoms. The van der Waals surface area contributed by atoms with E-state index in [0.29, 0.717) is 29.1 Å². The van der Waals surface area contributed by atoms with Gasteiger partial charge in [0.05, 0.1) is 17.1 Å². The lowest BCUT2D eigenvalue weighted by Crippen LogP contribution is -2.06. The maximum Gasteiger partial charge on any atom is 0.339 e. The first kappa shape index (κ1) is 14.6. The highest BCUT2D eigenvalue weighted by Gasteiger charge is 2.22. The second-order valence-electron chi connectivity index (χ2n) is 4.57. The summed E-state index contributed by atoms with van der Waals surface area (Å²) >= 11 is 6.01. The molecule has 1 aromatic carbocycles. The second-order valence-corrected chi connectivity index (χ2v) is 5.01. The van der Waals surface area contributed by atoms with Crippen molar-refractivity contribution in [3.63, 3.8) is 0 Å². The van der Waals surface area contributed by atoms with Crippen LogP contribution in [0.2, 0.25) is 5.02 Å². The molecule has 0 aliphatic heterocycles. The molecule has 1 N–H and O–H groups in total. The fourth-order valence-corrected chi connectivity index (χ4v) is 2.47. The summed E-state index contributed by atoms with van der Waals surface area (Å²) in [6.07, 6.45) is 2.11. The van der Waals surface area contributed by atoms with E-state index in [-0.39, 0.29) is 0 Å². The molecule has 1 heterocycles. The second kappa shape index (κ2) is 6.09. The molecule has 0 radical (unpaired) electrons. The summed E-state index contributed by atoms with van der Waals surface area (Å²) in [6.45, 7) is 3.93. The van der Waals surface area contributed by atoms with E-state index in [1.54, 1.807) is 16.8 Å². The van der Waals surface area contributed by atoms with Gasteiger partial charge in [0, 0.05) is 5.02 Å². The third kappa shape index (κ3) is 2.70. The first-order valence-corrected chi connectivity index (χ1v) is 7.06. The molecule has 0 aliphatic rings. The molecule has 5 heteroatoms. The molecule has 2 aromatic rings. The van der Waals surface area contributed by atoms with Crippen LogP contribution in [0.25, 0.3) is 5.69 Å². The largest absolute Gasteiger partial charge is 0.478 e. The Morgan fingerprint density at radius 1 is 1.40 bits per heavy atom. The predicted octanol–water partition coefficient (Wildman–Crippen LogP) is 3.74. The molecule has 4 nitrogen and oxygen atoms in total. The third-order valence-electron chi connectivity index (χ3n) is 3.14. The molecule has 0 unspecified atom stereocenters. The zero-order valence-corrected chi connectivity index (χ0v) is 12.3. The van der Waals surface area contributed by atoms with E-state index in [1.165, 1.54) is 0 Å². The van der Waals surface area contributed by atoms with E-state index in [1.807, 2.05) is 26.0 Å². The number of carbonyl (C=O) groups is 1. The Labute approximate surface area is 123 Å². The van der Waals surface area contributed by atoms with Crippen molar-refractivity contribution >= 4 is 17.6 Å². The van der Waals surface area contributed by atoms with Gasteiger partial charge in [-0.25, -0.2) is 9.48 Å². The minimum Gasteiger partial charge on any atom is -0.478 e. The monoisotopic (exact) mass is 292 g/mol. The number of aryl methyl sites for hydroxylation is 1. The van der Waals surface area contributed by atoms with Crippen LogP contribution in [0.1, 0.15) is 42.0 Å². The fraction of sp³-hybridized carbons (Fsp3) is 0.333. The Hall–Kier alpha value is -1.81. The zero-order valence-electron chi connectivity index (χ0n) is 11.6. The van der Waals surface area contributed by atoms with Gasteiger partial charge in [0.1, 0.15) is 5.56 Å². The molecule has 1 aromatic heterocycles. The van der Waals surface area contributed by atoms with Gasteiger partial charge in [-0.05, 0) is 31.0 Å². The average molecular weight is 293 g/mol. The SMILES string of the molecule is CCCc1c(C(=O)O)c(CC)nn1-c1cccc(Cl)c1. The number of halogens is 1. The van der Waals surface area contributed by atoms with Crippen LogP contribution in [0, 0.1) is 0 Å². The summed E-state index contributed by atoms with van der Waals surface area (Å²) in [5.41, 5.74) is 2.47. The van der Waals surface area contributed by atoms with E-state index < -0.39 is 5.97 Å². The molecular weight excluding hydrogens is 276 g/mol. The van der Waals surface area contributed by atoms with Gasteiger partial charge >= 0.3 is 5.97 Å². The summed E-state index contributed by atoms with van der Waals surface area (Å²) in [6, 6.07) is 7.29. The maximum absolute atomic E-state index is 11.5. The quantitative estimate of drug-likeness (QED) is 0.913. The van der Waals surface area contributed by atoms with Gasteiger partial charge in [0.2, 0.25) is 0 Å². The Kier molecular flexibility index (Phi) is 4.45. The first-order chi connectivity index (χ1) is 9.58. The van der Waals surface area contributed by atoms with Crippen molar-refractivity contribution in [3.8, 4) is 5.69 Å². The van der Waals surface area contributed by atoms with E-state index in [4.69, 9.17) is 11.6 Å². The molecule has 0 aliphatic carbocycles. The van der Waals surface area contributed by atoms with Crippen molar-refractivity contribution in [2.45, 2.75) is 33.1 Å². The molecule has 0 saturated heterocycles. The summed E-state index contributed by atoms with van der Waals surface area (Å²) in [5, 5.41) is 14.5. The Bertz CT molecular complexity index is 635. The number of hydrogen-bond acceptors (Lipinski definition) is 2. The van der Waals surface area contributed by atoms with Crippen molar-refractivity contribution in [3.05, 3.63) is 46.2 Å². The zero-order chi connectivity index (χ0) is 14.7. The minimum atomic E-state index is -0.918. The molecule has 0 atom stereocenters. The van der Waals surface area contributed by atoms with Gasteiger partial charge in [-0.3, -0.25) is 0 Å². The molecule has 0 amide bonds. The number of nitrogens with zero attached hydrogens (tertiary/aromatic N) is 2. The number of aromatic nitrogens is 2. The number of carboxylic acid groups (broad SMARTS) is 1. The number of benzene rings is 1. The molecule has 0 fully saturated rings. The van der Waals surface area contributed by atoms with Gasteiger partial charge in [0.25, 0.3) is 0 Å². The average Bonchev–Trinajstić information content (AvgIpc) is 2.78. The molecule has 20 heavy (non-hydrogen) atoms. The Balaban J connectivity index is 2.66. The van der Waals surface area contributed by atoms with Crippen molar-refractivity contribution in [2.75, 3.05) is 0 Å². The summed E-state index contributed by atoms with van der Waals surface area (Å²) in [5.74, 6) is -0.918. The number of rotatable bonds is 5.